The van der Waals surface area contributed by atoms with Gasteiger partial charge in [-0.05, 0) is 29.6 Å². The number of nitrogens with two attached hydrogens (primary N) is 6. The Morgan fingerprint density at radius 2 is 1.31 bits per heavy atom. The van der Waals surface area contributed by atoms with Gasteiger partial charge in [0, 0.05) is 11.8 Å². The van der Waals surface area contributed by atoms with E-state index in [1.807, 2.05) is 22.6 Å². The highest BCUT2D eigenvalue weighted by molar-refractivity contribution is 14.1. The van der Waals surface area contributed by atoms with Gasteiger partial charge in [0.15, 0.2) is 0 Å². The summed E-state index contributed by atoms with van der Waals surface area (Å²) < 4.78 is -1.03. The molecule has 7 nitrogen and oxygen atoms in total. The lowest BCUT2D eigenvalue weighted by Gasteiger charge is -2.47. The molecule has 0 aromatic heterocycles. The smallest absolute Gasteiger partial charge is 0.123 e. The number of nitrogens with one attached hydrogen (secondary N) is 1. The van der Waals surface area contributed by atoms with Gasteiger partial charge in [0.1, 0.15) is 9.46 Å². The molecule has 0 fully saturated rings. The second kappa shape index (κ2) is 4.98. The Morgan fingerprint density at radius 3 is 1.56 bits per heavy atom. The van der Waals surface area contributed by atoms with Crippen molar-refractivity contribution in [2.24, 2.45) is 46.2 Å². The molecule has 0 aromatic carbocycles. The van der Waals surface area contributed by atoms with Crippen LogP contribution in [0.25, 0.3) is 0 Å². The maximum absolute atomic E-state index is 6.06. The molecule has 0 spiro atoms. The highest BCUT2D eigenvalue weighted by Crippen LogP contribution is 2.30. The van der Waals surface area contributed by atoms with E-state index in [0.29, 0.717) is 0 Å². The predicted octanol–water partition coefficient (Wildman–Crippen LogP) is -2.33. The largest absolute Gasteiger partial charge is 0.313 e. The zero-order chi connectivity index (χ0) is 13.4. The minimum absolute atomic E-state index is 0.379. The van der Waals surface area contributed by atoms with Crippen LogP contribution in [0.2, 0.25) is 0 Å². The summed E-state index contributed by atoms with van der Waals surface area (Å²) >= 11 is 1.89. The average Bonchev–Trinajstić information content (AvgIpc) is 2.13. The molecular weight excluding hydrogens is 321 g/mol. The molecule has 2 unspecified atom stereocenters. The monoisotopic (exact) mass is 345 g/mol. The quantitative estimate of drug-likeness (QED) is 0.127. The van der Waals surface area contributed by atoms with E-state index in [4.69, 9.17) is 34.4 Å². The van der Waals surface area contributed by atoms with Crippen LogP contribution in [0.1, 0.15) is 13.8 Å². The Kier molecular flexibility index (Phi) is 5.12. The topological polar surface area (TPSA) is 168 Å². The van der Waals surface area contributed by atoms with Crippen LogP contribution >= 0.6 is 22.6 Å². The summed E-state index contributed by atoms with van der Waals surface area (Å²) in [6, 6.07) is 0. The lowest BCUT2D eigenvalue weighted by molar-refractivity contribution is 0.0935. The van der Waals surface area contributed by atoms with Gasteiger partial charge in [-0.15, -0.1) is 0 Å². The summed E-state index contributed by atoms with van der Waals surface area (Å²) in [5.74, 6) is -1.99. The number of hydrogen-bond acceptors (Lipinski definition) is 7. The van der Waals surface area contributed by atoms with Crippen LogP contribution in [0.3, 0.4) is 0 Å². The first-order valence-electron chi connectivity index (χ1n) is 4.98. The molecule has 0 saturated heterocycles. The van der Waals surface area contributed by atoms with E-state index >= 15 is 0 Å². The summed E-state index contributed by atoms with van der Waals surface area (Å²) in [7, 11) is 1.64. The fraction of sp³-hybridized carbons (Fsp3) is 1.00. The standard InChI is InChI=1S/C8H24IN7/c1-4(7(9,12)13)6(10,11)5(2)8(14,15)16-3/h4-5,16H,10-15H2,1-3H3. The zero-order valence-electron chi connectivity index (χ0n) is 10.00. The van der Waals surface area contributed by atoms with Gasteiger partial charge < -0.3 is 34.4 Å². The van der Waals surface area contributed by atoms with Crippen LogP contribution in [-0.4, -0.2) is 22.2 Å². The van der Waals surface area contributed by atoms with Crippen LogP contribution in [0, 0.1) is 11.8 Å². The van der Waals surface area contributed by atoms with Crippen molar-refractivity contribution in [3.8, 4) is 0 Å². The van der Waals surface area contributed by atoms with Crippen molar-refractivity contribution in [1.29, 1.82) is 0 Å². The summed E-state index contributed by atoms with van der Waals surface area (Å²) in [6.45, 7) is 3.53. The Balaban J connectivity index is 5.06. The molecule has 0 saturated carbocycles. The first-order chi connectivity index (χ1) is 6.87. The molecule has 2 atom stereocenters. The van der Waals surface area contributed by atoms with E-state index in [9.17, 15) is 0 Å². The lowest BCUT2D eigenvalue weighted by atomic mass is 9.79. The van der Waals surface area contributed by atoms with Crippen LogP contribution < -0.4 is 39.7 Å². The minimum atomic E-state index is -1.18. The summed E-state index contributed by atoms with van der Waals surface area (Å²) in [6.07, 6.45) is 0. The third-order valence-corrected chi connectivity index (χ3v) is 4.25. The molecule has 0 amide bonds. The first-order valence-corrected chi connectivity index (χ1v) is 6.06. The van der Waals surface area contributed by atoms with Crippen molar-refractivity contribution in [1.82, 2.24) is 5.32 Å². The molecule has 0 aliphatic carbocycles. The van der Waals surface area contributed by atoms with E-state index in [1.54, 1.807) is 20.9 Å². The Hall–Kier alpha value is 0.450. The van der Waals surface area contributed by atoms with Gasteiger partial charge in [-0.2, -0.15) is 0 Å². The van der Waals surface area contributed by atoms with Gasteiger partial charge in [0.2, 0.25) is 0 Å². The molecule has 0 radical (unpaired) electrons. The fourth-order valence-corrected chi connectivity index (χ4v) is 1.93. The van der Waals surface area contributed by atoms with Crippen LogP contribution in [0.4, 0.5) is 0 Å². The van der Waals surface area contributed by atoms with Crippen molar-refractivity contribution in [2.45, 2.75) is 29.0 Å². The second-order valence-electron chi connectivity index (χ2n) is 4.45. The third-order valence-electron chi connectivity index (χ3n) is 3.31. The van der Waals surface area contributed by atoms with Crippen molar-refractivity contribution in [3.05, 3.63) is 0 Å². The van der Waals surface area contributed by atoms with E-state index in [1.165, 1.54) is 0 Å². The molecule has 0 rings (SSSR count). The molecule has 0 aromatic rings. The van der Waals surface area contributed by atoms with Gasteiger partial charge in [-0.3, -0.25) is 5.32 Å². The van der Waals surface area contributed by atoms with Crippen molar-refractivity contribution >= 4 is 22.6 Å². The summed E-state index contributed by atoms with van der Waals surface area (Å²) in [5.41, 5.74) is 34.2. The van der Waals surface area contributed by atoms with Gasteiger partial charge in [-0.25, -0.2) is 0 Å². The number of halogens is 1. The SMILES string of the molecule is CNC(N)(N)C(C)C(N)(N)C(C)C(N)(N)I. The molecular formula is C8H24IN7. The Bertz CT molecular complexity index is 235. The summed E-state index contributed by atoms with van der Waals surface area (Å²) in [5, 5.41) is 2.76. The van der Waals surface area contributed by atoms with Crippen LogP contribution in [0.15, 0.2) is 0 Å². The van der Waals surface area contributed by atoms with Gasteiger partial charge in [0.25, 0.3) is 0 Å². The van der Waals surface area contributed by atoms with Crippen molar-refractivity contribution in [3.63, 3.8) is 0 Å². The van der Waals surface area contributed by atoms with Crippen molar-refractivity contribution < 1.29 is 0 Å². The van der Waals surface area contributed by atoms with Crippen LogP contribution in [0.5, 0.6) is 0 Å². The average molecular weight is 345 g/mol. The van der Waals surface area contributed by atoms with E-state index in [-0.39, 0.29) is 5.92 Å². The molecule has 8 heteroatoms. The molecule has 98 valence electrons. The van der Waals surface area contributed by atoms with Gasteiger partial charge >= 0.3 is 0 Å². The van der Waals surface area contributed by atoms with Gasteiger partial charge in [0.05, 0.1) is 5.66 Å². The number of hydrogen-bond donors (Lipinski definition) is 7. The Labute approximate surface area is 110 Å². The molecule has 13 N–H and O–H groups in total. The molecule has 0 bridgehead atoms. The first kappa shape index (κ1) is 16.4. The molecule has 0 aliphatic rings. The maximum Gasteiger partial charge on any atom is 0.123 e. The maximum atomic E-state index is 6.06. The highest BCUT2D eigenvalue weighted by atomic mass is 127. The van der Waals surface area contributed by atoms with Crippen LogP contribution in [-0.2, 0) is 0 Å². The number of alkyl halides is 1. The molecule has 0 aliphatic heterocycles. The summed E-state index contributed by atoms with van der Waals surface area (Å²) in [4.78, 5) is 0. The van der Waals surface area contributed by atoms with E-state index in [0.717, 1.165) is 0 Å². The normalized spacial score (nSPS) is 18.4. The Morgan fingerprint density at radius 1 is 0.938 bits per heavy atom. The number of rotatable bonds is 5. The van der Waals surface area contributed by atoms with Gasteiger partial charge in [-0.1, -0.05) is 13.8 Å². The zero-order valence-corrected chi connectivity index (χ0v) is 12.2. The third kappa shape index (κ3) is 3.47. The predicted molar refractivity (Wildman–Crippen MR) is 74.7 cm³/mol. The highest BCUT2D eigenvalue weighted by Gasteiger charge is 2.47. The minimum Gasteiger partial charge on any atom is -0.313 e. The van der Waals surface area contributed by atoms with Crippen molar-refractivity contribution in [2.75, 3.05) is 7.05 Å². The lowest BCUT2D eigenvalue weighted by Crippen LogP contribution is -2.78. The van der Waals surface area contributed by atoms with E-state index in [2.05, 4.69) is 5.32 Å². The van der Waals surface area contributed by atoms with E-state index < -0.39 is 21.0 Å². The molecule has 0 heterocycles. The fourth-order valence-electron chi connectivity index (χ4n) is 1.39. The molecule has 16 heavy (non-hydrogen) atoms. The second-order valence-corrected chi connectivity index (χ2v) is 6.32.